The van der Waals surface area contributed by atoms with Crippen molar-refractivity contribution in [2.45, 2.75) is 0 Å². The van der Waals surface area contributed by atoms with Gasteiger partial charge in [-0.15, -0.1) is 0 Å². The molecule has 0 N–H and O–H groups in total. The topological polar surface area (TPSA) is 51.8 Å². The number of fused-ring (bicyclic) bond motifs is 4. The van der Waals surface area contributed by atoms with Crippen LogP contribution >= 0.6 is 0 Å². The summed E-state index contributed by atoms with van der Waals surface area (Å²) in [5.74, 6) is 0.375. The van der Waals surface area contributed by atoms with Crippen molar-refractivity contribution in [3.05, 3.63) is 139 Å². The molecule has 0 unspecified atom stereocenters. The van der Waals surface area contributed by atoms with E-state index in [1.54, 1.807) is 48.5 Å². The van der Waals surface area contributed by atoms with E-state index < -0.39 is 54.4 Å². The van der Waals surface area contributed by atoms with Gasteiger partial charge in [-0.3, -0.25) is 0 Å². The van der Waals surface area contributed by atoms with Crippen molar-refractivity contribution in [1.82, 2.24) is 15.0 Å². The molecule has 8 aromatic rings. The van der Waals surface area contributed by atoms with E-state index >= 15 is 0 Å². The summed E-state index contributed by atoms with van der Waals surface area (Å²) < 4.78 is 116. The van der Waals surface area contributed by atoms with Gasteiger partial charge < -0.3 is 4.42 Å². The predicted molar refractivity (Wildman–Crippen MR) is 166 cm³/mol. The third-order valence-corrected chi connectivity index (χ3v) is 6.62. The molecule has 4 heteroatoms. The van der Waals surface area contributed by atoms with Crippen LogP contribution in [0.3, 0.4) is 0 Å². The van der Waals surface area contributed by atoms with Gasteiger partial charge in [0.25, 0.3) is 0 Å². The Hall–Kier alpha value is -5.61. The third-order valence-electron chi connectivity index (χ3n) is 6.62. The van der Waals surface area contributed by atoms with Gasteiger partial charge in [-0.2, -0.15) is 0 Å². The van der Waals surface area contributed by atoms with Crippen LogP contribution in [0, 0.1) is 0 Å². The maximum atomic E-state index is 8.92. The standard InChI is InChI=1S/C37H23N3O/c1-2-10-26(11-3-1)35-38-36(27-19-17-25(18-20-27)30-15-8-12-24-9-4-5-13-29(24)30)40-37(39-35)28-21-22-34-32(23-28)31-14-6-7-16-33(31)41-34/h1-23H/i4D,5D,6D,7D,8D,9D,12D,13D,14D,15D,16D,21D,22D. The van der Waals surface area contributed by atoms with Crippen LogP contribution in [0.15, 0.2) is 144 Å². The Balaban J connectivity index is 1.34. The SMILES string of the molecule is [2H]c1c(-c2nc(-c3ccccc3)nc(-c3ccc(-c4c([2H])c([2H])c([2H])c5c([2H])c([2H])c([2H])c([2H])c45)cc3)n2)cc2c(oc3c([2H])c([2H])c([2H])c([2H])c32)c1[2H]. The Morgan fingerprint density at radius 3 is 1.88 bits per heavy atom. The lowest BCUT2D eigenvalue weighted by Crippen LogP contribution is -2.00. The van der Waals surface area contributed by atoms with Crippen molar-refractivity contribution in [2.24, 2.45) is 0 Å². The van der Waals surface area contributed by atoms with E-state index in [4.69, 9.17) is 27.2 Å². The summed E-state index contributed by atoms with van der Waals surface area (Å²) in [6.45, 7) is 0. The van der Waals surface area contributed by atoms with Crippen molar-refractivity contribution in [1.29, 1.82) is 0 Å². The van der Waals surface area contributed by atoms with Crippen LogP contribution in [-0.2, 0) is 0 Å². The van der Waals surface area contributed by atoms with Crippen LogP contribution in [0.4, 0.5) is 0 Å². The normalized spacial score (nSPS) is 15.9. The van der Waals surface area contributed by atoms with Gasteiger partial charge in [-0.1, -0.05) is 115 Å². The third kappa shape index (κ3) is 4.14. The molecule has 8 rings (SSSR count). The van der Waals surface area contributed by atoms with E-state index in [1.165, 1.54) is 6.07 Å². The van der Waals surface area contributed by atoms with Gasteiger partial charge >= 0.3 is 0 Å². The first-order valence-corrected chi connectivity index (χ1v) is 12.6. The highest BCUT2D eigenvalue weighted by molar-refractivity contribution is 6.06. The fraction of sp³-hybridized carbons (Fsp3) is 0. The van der Waals surface area contributed by atoms with Crippen LogP contribution in [0.25, 0.3) is 78.0 Å². The fourth-order valence-corrected chi connectivity index (χ4v) is 4.65. The largest absolute Gasteiger partial charge is 0.456 e. The molecule has 0 amide bonds. The Morgan fingerprint density at radius 2 is 1.07 bits per heavy atom. The van der Waals surface area contributed by atoms with Crippen LogP contribution in [0.1, 0.15) is 17.8 Å². The van der Waals surface area contributed by atoms with Crippen molar-refractivity contribution in [3.63, 3.8) is 0 Å². The van der Waals surface area contributed by atoms with E-state index in [0.717, 1.165) is 0 Å². The van der Waals surface area contributed by atoms with Crippen molar-refractivity contribution in [3.8, 4) is 45.3 Å². The van der Waals surface area contributed by atoms with Crippen LogP contribution in [-0.4, -0.2) is 15.0 Å². The quantitative estimate of drug-likeness (QED) is 0.224. The highest BCUT2D eigenvalue weighted by atomic mass is 16.3. The Kier molecular flexibility index (Phi) is 3.17. The number of nitrogens with zero attached hydrogens (tertiary/aromatic N) is 3. The zero-order valence-electron chi connectivity index (χ0n) is 34.0. The highest BCUT2D eigenvalue weighted by Crippen LogP contribution is 2.34. The smallest absolute Gasteiger partial charge is 0.164 e. The van der Waals surface area contributed by atoms with Crippen LogP contribution in [0.2, 0.25) is 0 Å². The van der Waals surface area contributed by atoms with E-state index in [0.29, 0.717) is 16.7 Å². The minimum Gasteiger partial charge on any atom is -0.456 e. The average molecular weight is 539 g/mol. The van der Waals surface area contributed by atoms with Gasteiger partial charge in [0, 0.05) is 27.5 Å². The molecular weight excluding hydrogens is 502 g/mol. The molecule has 2 heterocycles. The lowest BCUT2D eigenvalue weighted by atomic mass is 9.97. The van der Waals surface area contributed by atoms with Gasteiger partial charge in [0.15, 0.2) is 17.5 Å². The number of benzene rings is 6. The van der Waals surface area contributed by atoms with E-state index in [9.17, 15) is 0 Å². The molecule has 4 nitrogen and oxygen atoms in total. The maximum absolute atomic E-state index is 8.92. The highest BCUT2D eigenvalue weighted by Gasteiger charge is 2.15. The molecule has 0 aliphatic rings. The fourth-order valence-electron chi connectivity index (χ4n) is 4.65. The van der Waals surface area contributed by atoms with Gasteiger partial charge in [-0.25, -0.2) is 15.0 Å². The van der Waals surface area contributed by atoms with E-state index in [1.807, 2.05) is 6.07 Å². The Bertz CT molecular complexity index is 2910. The zero-order valence-corrected chi connectivity index (χ0v) is 21.0. The second-order valence-electron chi connectivity index (χ2n) is 9.11. The number of aromatic nitrogens is 3. The summed E-state index contributed by atoms with van der Waals surface area (Å²) in [6.07, 6.45) is 0. The maximum Gasteiger partial charge on any atom is 0.164 e. The molecule has 0 aliphatic heterocycles. The zero-order chi connectivity index (χ0) is 38.5. The molecule has 0 aliphatic carbocycles. The van der Waals surface area contributed by atoms with Gasteiger partial charge in [0.05, 0.1) is 17.8 Å². The molecule has 6 aromatic carbocycles. The lowest BCUT2D eigenvalue weighted by molar-refractivity contribution is 0.669. The molecule has 0 radical (unpaired) electrons. The minimum atomic E-state index is -0.544. The minimum absolute atomic E-state index is 0.00108. The Labute approximate surface area is 254 Å². The first-order valence-electron chi connectivity index (χ1n) is 19.1. The second-order valence-corrected chi connectivity index (χ2v) is 9.11. The van der Waals surface area contributed by atoms with Gasteiger partial charge in [0.2, 0.25) is 0 Å². The predicted octanol–water partition coefficient (Wildman–Crippen LogP) is 9.59. The van der Waals surface area contributed by atoms with Crippen molar-refractivity contribution >= 4 is 32.7 Å². The monoisotopic (exact) mass is 538 g/mol. The summed E-state index contributed by atoms with van der Waals surface area (Å²) in [5.41, 5.74) is 1.32. The molecule has 0 spiro atoms. The second kappa shape index (κ2) is 9.54. The summed E-state index contributed by atoms with van der Waals surface area (Å²) in [4.78, 5) is 14.1. The van der Waals surface area contributed by atoms with E-state index in [-0.39, 0.29) is 85.5 Å². The summed E-state index contributed by atoms with van der Waals surface area (Å²) in [7, 11) is 0. The average Bonchev–Trinajstić information content (AvgIpc) is 3.58. The van der Waals surface area contributed by atoms with Crippen LogP contribution in [0.5, 0.6) is 0 Å². The molecule has 0 saturated heterocycles. The number of hydrogen-bond acceptors (Lipinski definition) is 4. The molecule has 0 atom stereocenters. The molecular formula is C37H23N3O. The summed E-state index contributed by atoms with van der Waals surface area (Å²) in [5, 5.41) is 0.0344. The molecule has 41 heavy (non-hydrogen) atoms. The van der Waals surface area contributed by atoms with Gasteiger partial charge in [0.1, 0.15) is 11.2 Å². The number of hydrogen-bond donors (Lipinski definition) is 0. The first kappa shape index (κ1) is 13.6. The van der Waals surface area contributed by atoms with E-state index in [2.05, 4.69) is 9.97 Å². The molecule has 0 saturated carbocycles. The number of rotatable bonds is 4. The molecule has 2 aromatic heterocycles. The van der Waals surface area contributed by atoms with Crippen molar-refractivity contribution < 1.29 is 22.2 Å². The Morgan fingerprint density at radius 1 is 0.463 bits per heavy atom. The summed E-state index contributed by atoms with van der Waals surface area (Å²) >= 11 is 0. The molecule has 192 valence electrons. The number of para-hydroxylation sites is 1. The molecule has 0 fully saturated rings. The number of furan rings is 1. The summed E-state index contributed by atoms with van der Waals surface area (Å²) in [6, 6.07) is 11.1. The molecule has 0 bridgehead atoms. The van der Waals surface area contributed by atoms with Crippen LogP contribution < -0.4 is 0 Å². The first-order chi connectivity index (χ1) is 25.7. The van der Waals surface area contributed by atoms with Gasteiger partial charge in [-0.05, 0) is 46.1 Å². The van der Waals surface area contributed by atoms with Crippen molar-refractivity contribution in [2.75, 3.05) is 0 Å². The lowest BCUT2D eigenvalue weighted by Gasteiger charge is -2.10.